The maximum atomic E-state index is 12.8. The molecule has 0 aromatic carbocycles. The second-order valence-electron chi connectivity index (χ2n) is 9.89. The van der Waals surface area contributed by atoms with Gasteiger partial charge in [-0.05, 0) is 32.6 Å². The highest BCUT2D eigenvalue weighted by molar-refractivity contribution is 7.99. The van der Waals surface area contributed by atoms with Gasteiger partial charge in [-0.1, -0.05) is 62.3 Å². The lowest BCUT2D eigenvalue weighted by molar-refractivity contribution is -0.131. The summed E-state index contributed by atoms with van der Waals surface area (Å²) in [5, 5.41) is 17.4. The third kappa shape index (κ3) is 7.87. The van der Waals surface area contributed by atoms with Crippen LogP contribution in [0.5, 0.6) is 0 Å². The molecule has 3 N–H and O–H groups in total. The predicted octanol–water partition coefficient (Wildman–Crippen LogP) is 3.97. The minimum atomic E-state index is -1.34. The van der Waals surface area contributed by atoms with Gasteiger partial charge < -0.3 is 25.0 Å². The van der Waals surface area contributed by atoms with Crippen molar-refractivity contribution in [3.8, 4) is 0 Å². The van der Waals surface area contributed by atoms with Crippen molar-refractivity contribution in [1.29, 1.82) is 0 Å². The second-order valence-corrected chi connectivity index (χ2v) is 10.8. The minimum absolute atomic E-state index is 0.0553. The molecule has 0 aliphatic heterocycles. The number of aryl methyl sites for hydroxylation is 1. The van der Waals surface area contributed by atoms with Crippen LogP contribution in [0.1, 0.15) is 58.8 Å². The van der Waals surface area contributed by atoms with Crippen LogP contribution in [0.25, 0.3) is 0 Å². The van der Waals surface area contributed by atoms with Crippen LogP contribution < -0.4 is 10.6 Å². The van der Waals surface area contributed by atoms with Gasteiger partial charge in [-0.15, -0.1) is 0 Å². The molecule has 1 heterocycles. The first-order valence-electron chi connectivity index (χ1n) is 12.7. The molecule has 2 unspecified atom stereocenters. The van der Waals surface area contributed by atoms with Crippen LogP contribution in [-0.4, -0.2) is 57.2 Å². The van der Waals surface area contributed by atoms with Gasteiger partial charge in [-0.2, -0.15) is 0 Å². The largest absolute Gasteiger partial charge is 0.449 e. The van der Waals surface area contributed by atoms with Crippen LogP contribution in [0.15, 0.2) is 41.9 Å². The van der Waals surface area contributed by atoms with Gasteiger partial charge >= 0.3 is 6.09 Å². The van der Waals surface area contributed by atoms with Crippen molar-refractivity contribution in [1.82, 2.24) is 20.2 Å². The molecule has 2 aliphatic carbocycles. The number of aromatic nitrogens is 2. The summed E-state index contributed by atoms with van der Waals surface area (Å²) < 4.78 is 7.60. The Morgan fingerprint density at radius 2 is 2.14 bits per heavy atom. The standard InChI is InChI=1S/C26H40N4O4S/c1-4-5-12-21(22(31)23(32)28-19(2)20-10-7-6-8-11-20)29-25(33)34-17-26(13-9-14-26)18-35-24-27-15-16-30(24)3/h6-8,10,15-16,19-22,31H,4-5,9,11-14,17-18H2,1-3H3,(H,28,32)(H,29,33)/t19-,20?,21+,22?/m1/s1. The summed E-state index contributed by atoms with van der Waals surface area (Å²) in [5.74, 6) is 0.548. The molecule has 2 aliphatic rings. The molecular formula is C26H40N4O4S. The van der Waals surface area contributed by atoms with Crippen molar-refractivity contribution in [2.45, 2.75) is 82.1 Å². The number of nitrogens with zero attached hydrogens (tertiary/aromatic N) is 2. The van der Waals surface area contributed by atoms with Crippen LogP contribution in [0, 0.1) is 11.3 Å². The van der Waals surface area contributed by atoms with Gasteiger partial charge in [0.05, 0.1) is 12.6 Å². The predicted molar refractivity (Wildman–Crippen MR) is 138 cm³/mol. The fourth-order valence-corrected chi connectivity index (χ4v) is 5.64. The number of allylic oxidation sites excluding steroid dienone is 3. The summed E-state index contributed by atoms with van der Waals surface area (Å²) in [6.45, 7) is 4.28. The van der Waals surface area contributed by atoms with E-state index in [2.05, 4.69) is 27.8 Å². The SMILES string of the molecule is CCCC[C@H](NC(=O)OCC1(CSc2nccn2C)CCC1)C(O)C(=O)N[C@H](C)C1C=CC=CC1. The van der Waals surface area contributed by atoms with Gasteiger partial charge in [0.2, 0.25) is 0 Å². The molecule has 0 bridgehead atoms. The Morgan fingerprint density at radius 3 is 2.74 bits per heavy atom. The molecule has 194 valence electrons. The van der Waals surface area contributed by atoms with Crippen LogP contribution in [-0.2, 0) is 16.6 Å². The minimum Gasteiger partial charge on any atom is -0.449 e. The second kappa shape index (κ2) is 13.2. The number of imidazole rings is 1. The third-order valence-electron chi connectivity index (χ3n) is 7.06. The van der Waals surface area contributed by atoms with Crippen LogP contribution >= 0.6 is 11.8 Å². The molecule has 8 nitrogen and oxygen atoms in total. The maximum absolute atomic E-state index is 12.8. The normalized spacial score (nSPS) is 21.0. The van der Waals surface area contributed by atoms with E-state index in [0.29, 0.717) is 13.0 Å². The number of hydrogen-bond acceptors (Lipinski definition) is 6. The molecule has 0 radical (unpaired) electrons. The summed E-state index contributed by atoms with van der Waals surface area (Å²) in [7, 11) is 1.97. The summed E-state index contributed by atoms with van der Waals surface area (Å²) in [4.78, 5) is 29.8. The Morgan fingerprint density at radius 1 is 1.34 bits per heavy atom. The number of unbranched alkanes of at least 4 members (excludes halogenated alkanes) is 1. The highest BCUT2D eigenvalue weighted by Crippen LogP contribution is 2.44. The Bertz CT molecular complexity index is 896. The number of ether oxygens (including phenoxy) is 1. The van der Waals surface area contributed by atoms with Gasteiger partial charge in [0.1, 0.15) is 0 Å². The lowest BCUT2D eigenvalue weighted by Gasteiger charge is -2.40. The molecule has 9 heteroatoms. The van der Waals surface area contributed by atoms with Crippen molar-refractivity contribution >= 4 is 23.8 Å². The van der Waals surface area contributed by atoms with E-state index in [1.807, 2.05) is 43.8 Å². The number of rotatable bonds is 13. The zero-order valence-electron chi connectivity index (χ0n) is 21.1. The highest BCUT2D eigenvalue weighted by Gasteiger charge is 2.39. The Kier molecular flexibility index (Phi) is 10.3. The van der Waals surface area contributed by atoms with Crippen LogP contribution in [0.2, 0.25) is 0 Å². The van der Waals surface area contributed by atoms with E-state index < -0.39 is 24.1 Å². The van der Waals surface area contributed by atoms with Crippen molar-refractivity contribution in [3.63, 3.8) is 0 Å². The first-order chi connectivity index (χ1) is 16.8. The zero-order chi connectivity index (χ0) is 25.3. The molecule has 2 amide bonds. The lowest BCUT2D eigenvalue weighted by atomic mass is 9.71. The molecule has 35 heavy (non-hydrogen) atoms. The number of carbonyl (C=O) groups is 2. The Balaban J connectivity index is 1.50. The van der Waals surface area contributed by atoms with Crippen LogP contribution in [0.3, 0.4) is 0 Å². The third-order valence-corrected chi connectivity index (χ3v) is 8.46. The quantitative estimate of drug-likeness (QED) is 0.351. The summed E-state index contributed by atoms with van der Waals surface area (Å²) in [5.41, 5.74) is -0.0553. The van der Waals surface area contributed by atoms with E-state index in [1.165, 1.54) is 0 Å². The monoisotopic (exact) mass is 504 g/mol. The molecule has 0 saturated heterocycles. The maximum Gasteiger partial charge on any atom is 0.407 e. The van der Waals surface area contributed by atoms with Gasteiger partial charge in [-0.3, -0.25) is 4.79 Å². The smallest absolute Gasteiger partial charge is 0.407 e. The number of alkyl carbamates (subject to hydrolysis) is 1. The van der Waals surface area contributed by atoms with Crippen molar-refractivity contribution in [3.05, 3.63) is 36.7 Å². The Hall–Kier alpha value is -2.26. The van der Waals surface area contributed by atoms with E-state index in [0.717, 1.165) is 49.4 Å². The number of aliphatic hydroxyl groups is 1. The van der Waals surface area contributed by atoms with Gasteiger partial charge in [0, 0.05) is 42.6 Å². The molecule has 1 aromatic heterocycles. The molecule has 1 saturated carbocycles. The van der Waals surface area contributed by atoms with E-state index in [9.17, 15) is 14.7 Å². The van der Waals surface area contributed by atoms with Crippen molar-refractivity contribution in [2.24, 2.45) is 18.4 Å². The topological polar surface area (TPSA) is 105 Å². The fourth-order valence-electron chi connectivity index (χ4n) is 4.43. The average Bonchev–Trinajstić information content (AvgIpc) is 3.25. The lowest BCUT2D eigenvalue weighted by Crippen LogP contribution is -2.53. The molecular weight excluding hydrogens is 464 g/mol. The average molecular weight is 505 g/mol. The number of amides is 2. The van der Waals surface area contributed by atoms with E-state index in [-0.39, 0.29) is 17.4 Å². The Labute approximate surface area is 213 Å². The molecule has 1 aromatic rings. The highest BCUT2D eigenvalue weighted by atomic mass is 32.2. The first-order valence-corrected chi connectivity index (χ1v) is 13.7. The van der Waals surface area contributed by atoms with E-state index in [4.69, 9.17) is 4.74 Å². The van der Waals surface area contributed by atoms with Gasteiger partial charge in [0.15, 0.2) is 11.3 Å². The number of thioether (sulfide) groups is 1. The number of hydrogen-bond donors (Lipinski definition) is 3. The molecule has 1 fully saturated rings. The number of carbonyl (C=O) groups excluding carboxylic acids is 2. The van der Waals surface area contributed by atoms with E-state index >= 15 is 0 Å². The molecule has 0 spiro atoms. The summed E-state index contributed by atoms with van der Waals surface area (Å²) in [6, 6.07) is -0.817. The number of aliphatic hydroxyl groups excluding tert-OH is 1. The first kappa shape index (κ1) is 27.3. The van der Waals surface area contributed by atoms with Crippen LogP contribution in [0.4, 0.5) is 4.79 Å². The van der Waals surface area contributed by atoms with Gasteiger partial charge in [-0.25, -0.2) is 9.78 Å². The van der Waals surface area contributed by atoms with Crippen molar-refractivity contribution < 1.29 is 19.4 Å². The molecule has 3 rings (SSSR count). The fraction of sp³-hybridized carbons (Fsp3) is 0.654. The van der Waals surface area contributed by atoms with Gasteiger partial charge in [0.25, 0.3) is 5.91 Å². The number of nitrogens with one attached hydrogen (secondary N) is 2. The summed E-state index contributed by atoms with van der Waals surface area (Å²) >= 11 is 1.68. The van der Waals surface area contributed by atoms with Crippen molar-refractivity contribution in [2.75, 3.05) is 12.4 Å². The van der Waals surface area contributed by atoms with E-state index in [1.54, 1.807) is 18.0 Å². The molecule has 4 atom stereocenters. The summed E-state index contributed by atoms with van der Waals surface area (Å²) in [6.07, 6.45) is 16.0. The zero-order valence-corrected chi connectivity index (χ0v) is 21.9.